The lowest BCUT2D eigenvalue weighted by Gasteiger charge is -2.38. The van der Waals surface area contributed by atoms with Gasteiger partial charge in [-0.15, -0.1) is 11.8 Å². The molecule has 0 aromatic heterocycles. The van der Waals surface area contributed by atoms with E-state index < -0.39 is 0 Å². The van der Waals surface area contributed by atoms with Gasteiger partial charge in [-0.25, -0.2) is 0 Å². The molecule has 0 amide bonds. The highest BCUT2D eigenvalue weighted by Gasteiger charge is 2.32. The molecule has 0 saturated heterocycles. The van der Waals surface area contributed by atoms with Crippen molar-refractivity contribution in [2.75, 3.05) is 7.05 Å². The van der Waals surface area contributed by atoms with Crippen molar-refractivity contribution in [1.29, 1.82) is 0 Å². The number of thioether (sulfide) groups is 1. The summed E-state index contributed by atoms with van der Waals surface area (Å²) in [6, 6.07) is 9.88. The molecule has 1 aliphatic carbocycles. The Morgan fingerprint density at radius 3 is 2.28 bits per heavy atom. The zero-order chi connectivity index (χ0) is 13.1. The fourth-order valence-electron chi connectivity index (χ4n) is 2.68. The van der Waals surface area contributed by atoms with Gasteiger partial charge in [0.2, 0.25) is 0 Å². The van der Waals surface area contributed by atoms with E-state index in [9.17, 15) is 0 Å². The zero-order valence-corrected chi connectivity index (χ0v) is 12.3. The first kappa shape index (κ1) is 13.9. The van der Waals surface area contributed by atoms with Crippen LogP contribution in [0.25, 0.3) is 0 Å². The van der Waals surface area contributed by atoms with Crippen molar-refractivity contribution in [3.63, 3.8) is 0 Å². The third-order valence-corrected chi connectivity index (χ3v) is 4.62. The number of nitrogens with one attached hydrogen (secondary N) is 1. The highest BCUT2D eigenvalue weighted by Crippen LogP contribution is 2.37. The summed E-state index contributed by atoms with van der Waals surface area (Å²) in [6.07, 6.45) is 2.29. The summed E-state index contributed by atoms with van der Waals surface area (Å²) in [6.45, 7) is 4.45. The van der Waals surface area contributed by atoms with Gasteiger partial charge in [0.05, 0.1) is 0 Å². The van der Waals surface area contributed by atoms with Crippen LogP contribution in [0.2, 0.25) is 0 Å². The van der Waals surface area contributed by atoms with Crippen molar-refractivity contribution in [3.8, 4) is 0 Å². The fourth-order valence-corrected chi connectivity index (χ4v) is 3.52. The first-order chi connectivity index (χ1) is 8.60. The van der Waals surface area contributed by atoms with Crippen LogP contribution in [-0.4, -0.2) is 18.3 Å². The van der Waals surface area contributed by atoms with Crippen molar-refractivity contribution in [3.05, 3.63) is 29.8 Å². The van der Waals surface area contributed by atoms with Gasteiger partial charge in [0.1, 0.15) is 0 Å². The monoisotopic (exact) mass is 264 g/mol. The van der Waals surface area contributed by atoms with Gasteiger partial charge in [-0.2, -0.15) is 0 Å². The van der Waals surface area contributed by atoms with Gasteiger partial charge < -0.3 is 11.1 Å². The summed E-state index contributed by atoms with van der Waals surface area (Å²) in [5.74, 6) is 0.702. The number of hydrogen-bond donors (Lipinski definition) is 2. The molecule has 0 radical (unpaired) electrons. The lowest BCUT2D eigenvalue weighted by atomic mass is 9.74. The van der Waals surface area contributed by atoms with Crippen LogP contribution in [-0.2, 0) is 0 Å². The van der Waals surface area contributed by atoms with Gasteiger partial charge >= 0.3 is 0 Å². The first-order valence-corrected chi connectivity index (χ1v) is 7.67. The predicted octanol–water partition coefficient (Wildman–Crippen LogP) is 3.18. The Morgan fingerprint density at radius 1 is 1.22 bits per heavy atom. The molecule has 1 saturated carbocycles. The average molecular weight is 264 g/mol. The minimum absolute atomic E-state index is 0.418. The minimum Gasteiger partial charge on any atom is -0.328 e. The number of benzene rings is 1. The molecule has 1 fully saturated rings. The van der Waals surface area contributed by atoms with Crippen molar-refractivity contribution in [2.45, 2.75) is 48.9 Å². The van der Waals surface area contributed by atoms with Crippen molar-refractivity contribution in [1.82, 2.24) is 5.32 Å². The highest BCUT2D eigenvalue weighted by atomic mass is 32.2. The molecule has 0 spiro atoms. The maximum Gasteiger partial charge on any atom is 0.0347 e. The van der Waals surface area contributed by atoms with Gasteiger partial charge in [0.15, 0.2) is 0 Å². The second-order valence-corrected chi connectivity index (χ2v) is 7.14. The average Bonchev–Trinajstić information content (AvgIpc) is 2.29. The van der Waals surface area contributed by atoms with Crippen molar-refractivity contribution in [2.24, 2.45) is 11.7 Å². The van der Waals surface area contributed by atoms with Crippen molar-refractivity contribution >= 4 is 11.8 Å². The summed E-state index contributed by atoms with van der Waals surface area (Å²) >= 11 is 1.91. The molecule has 0 aliphatic heterocycles. The zero-order valence-electron chi connectivity index (χ0n) is 11.5. The molecule has 3 heteroatoms. The lowest BCUT2D eigenvalue weighted by molar-refractivity contribution is 0.204. The van der Waals surface area contributed by atoms with E-state index in [4.69, 9.17) is 5.73 Å². The molecule has 1 aromatic rings. The van der Waals surface area contributed by atoms with Crippen LogP contribution >= 0.6 is 11.8 Å². The Morgan fingerprint density at radius 2 is 1.83 bits per heavy atom. The van der Waals surface area contributed by atoms with Crippen LogP contribution < -0.4 is 11.1 Å². The maximum atomic E-state index is 5.89. The van der Waals surface area contributed by atoms with Crippen LogP contribution in [0.3, 0.4) is 0 Å². The third-order valence-electron chi connectivity index (χ3n) is 3.60. The Hall–Kier alpha value is -0.510. The van der Waals surface area contributed by atoms with Crippen LogP contribution in [0.1, 0.15) is 38.3 Å². The van der Waals surface area contributed by atoms with Gasteiger partial charge in [-0.1, -0.05) is 26.0 Å². The molecule has 2 rings (SSSR count). The van der Waals surface area contributed by atoms with Crippen LogP contribution in [0.4, 0.5) is 0 Å². The standard InChI is InChI=1S/C15H24N2S/c1-10(2)18-14-6-4-11(5-7-14)15(17-3)12-8-13(16)9-12/h4-7,10,12-13,15,17H,8-9,16H2,1-3H3. The summed E-state index contributed by atoms with van der Waals surface area (Å²) in [4.78, 5) is 1.36. The smallest absolute Gasteiger partial charge is 0.0347 e. The predicted molar refractivity (Wildman–Crippen MR) is 79.9 cm³/mol. The second-order valence-electron chi connectivity index (χ2n) is 5.49. The van der Waals surface area contributed by atoms with Crippen molar-refractivity contribution < 1.29 is 0 Å². The molecular formula is C15H24N2S. The normalized spacial score (nSPS) is 24.9. The topological polar surface area (TPSA) is 38.0 Å². The van der Waals surface area contributed by atoms with E-state index in [-0.39, 0.29) is 0 Å². The molecule has 1 aliphatic rings. The fraction of sp³-hybridized carbons (Fsp3) is 0.600. The minimum atomic E-state index is 0.418. The summed E-state index contributed by atoms with van der Waals surface area (Å²) < 4.78 is 0. The molecule has 1 atom stereocenters. The SMILES string of the molecule is CNC(c1ccc(SC(C)C)cc1)C1CC(N)C1. The van der Waals surface area contributed by atoms with Gasteiger partial charge in [-0.3, -0.25) is 0 Å². The molecule has 18 heavy (non-hydrogen) atoms. The highest BCUT2D eigenvalue weighted by molar-refractivity contribution is 7.99. The maximum absolute atomic E-state index is 5.89. The van der Waals surface area contributed by atoms with Crippen LogP contribution in [0.15, 0.2) is 29.2 Å². The number of rotatable bonds is 5. The number of hydrogen-bond acceptors (Lipinski definition) is 3. The third kappa shape index (κ3) is 3.28. The quantitative estimate of drug-likeness (QED) is 0.802. The Bertz CT molecular complexity index is 369. The largest absolute Gasteiger partial charge is 0.328 e. The molecule has 1 unspecified atom stereocenters. The molecule has 1 aromatic carbocycles. The summed E-state index contributed by atoms with van der Waals surface area (Å²) in [5.41, 5.74) is 7.28. The number of nitrogens with two attached hydrogens (primary N) is 1. The Kier molecular flexibility index (Phi) is 4.71. The van der Waals surface area contributed by atoms with E-state index in [0.717, 1.165) is 12.8 Å². The molecule has 3 N–H and O–H groups in total. The van der Waals surface area contributed by atoms with Gasteiger partial charge in [0.25, 0.3) is 0 Å². The van der Waals surface area contributed by atoms with E-state index in [1.807, 2.05) is 18.8 Å². The summed E-state index contributed by atoms with van der Waals surface area (Å²) in [5, 5.41) is 4.08. The lowest BCUT2D eigenvalue weighted by Crippen LogP contribution is -2.42. The van der Waals surface area contributed by atoms with E-state index in [2.05, 4.69) is 43.4 Å². The van der Waals surface area contributed by atoms with E-state index in [0.29, 0.717) is 23.3 Å². The molecule has 0 heterocycles. The molecule has 0 bridgehead atoms. The molecule has 100 valence electrons. The molecule has 2 nitrogen and oxygen atoms in total. The summed E-state index contributed by atoms with van der Waals surface area (Å²) in [7, 11) is 2.05. The van der Waals surface area contributed by atoms with E-state index >= 15 is 0 Å². The van der Waals surface area contributed by atoms with Gasteiger partial charge in [0, 0.05) is 22.2 Å². The second kappa shape index (κ2) is 6.09. The van der Waals surface area contributed by atoms with E-state index in [1.54, 1.807) is 0 Å². The first-order valence-electron chi connectivity index (χ1n) is 6.79. The van der Waals surface area contributed by atoms with Crippen LogP contribution in [0, 0.1) is 5.92 Å². The molecular weight excluding hydrogens is 240 g/mol. The van der Waals surface area contributed by atoms with Gasteiger partial charge in [-0.05, 0) is 43.5 Å². The Labute approximate surface area is 115 Å². The Balaban J connectivity index is 2.03. The van der Waals surface area contributed by atoms with E-state index in [1.165, 1.54) is 10.5 Å². The van der Waals surface area contributed by atoms with Crippen LogP contribution in [0.5, 0.6) is 0 Å².